The average Bonchev–Trinajstić information content (AvgIpc) is 3.03. The molecule has 1 aromatic carbocycles. The third-order valence-corrected chi connectivity index (χ3v) is 5.07. The van der Waals surface area contributed by atoms with Crippen molar-refractivity contribution in [2.75, 3.05) is 12.3 Å². The lowest BCUT2D eigenvalue weighted by atomic mass is 10.0. The maximum absolute atomic E-state index is 12.3. The van der Waals surface area contributed by atoms with Crippen molar-refractivity contribution in [2.24, 2.45) is 0 Å². The van der Waals surface area contributed by atoms with Gasteiger partial charge in [0.2, 0.25) is 11.1 Å². The van der Waals surface area contributed by atoms with Crippen LogP contribution < -0.4 is 0 Å². The van der Waals surface area contributed by atoms with Gasteiger partial charge in [-0.05, 0) is 33.1 Å². The Morgan fingerprint density at radius 2 is 2.13 bits per heavy atom. The maximum Gasteiger partial charge on any atom is 0.233 e. The summed E-state index contributed by atoms with van der Waals surface area (Å²) < 4.78 is 0. The van der Waals surface area contributed by atoms with Gasteiger partial charge in [-0.1, -0.05) is 41.6 Å². The molecule has 2 heterocycles. The van der Waals surface area contributed by atoms with Crippen LogP contribution in [0.3, 0.4) is 0 Å². The van der Waals surface area contributed by atoms with Crippen molar-refractivity contribution in [1.29, 1.82) is 0 Å². The topological polar surface area (TPSA) is 61.9 Å². The molecule has 6 heteroatoms. The lowest BCUT2D eigenvalue weighted by Gasteiger charge is -2.33. The normalized spacial score (nSPS) is 18.2. The van der Waals surface area contributed by atoms with E-state index in [9.17, 15) is 4.79 Å². The molecule has 3 rings (SSSR count). The van der Waals surface area contributed by atoms with Gasteiger partial charge >= 0.3 is 0 Å². The van der Waals surface area contributed by atoms with Crippen molar-refractivity contribution < 1.29 is 4.79 Å². The number of nitrogens with zero attached hydrogens (tertiary/aromatic N) is 3. The zero-order chi connectivity index (χ0) is 16.2. The van der Waals surface area contributed by atoms with Crippen LogP contribution in [0.25, 0.3) is 11.4 Å². The number of nitrogens with one attached hydrogen (secondary N) is 1. The molecule has 5 nitrogen and oxygen atoms in total. The molecule has 1 saturated heterocycles. The van der Waals surface area contributed by atoms with Crippen LogP contribution >= 0.6 is 11.8 Å². The molecule has 1 aromatic heterocycles. The van der Waals surface area contributed by atoms with E-state index in [1.165, 1.54) is 23.7 Å². The van der Waals surface area contributed by atoms with E-state index in [0.29, 0.717) is 17.0 Å². The number of rotatable bonds is 4. The van der Waals surface area contributed by atoms with Crippen LogP contribution in [-0.4, -0.2) is 44.3 Å². The first-order chi connectivity index (χ1) is 11.1. The fraction of sp³-hybridized carbons (Fsp3) is 0.471. The molecule has 122 valence electrons. The minimum atomic E-state index is 0.184. The summed E-state index contributed by atoms with van der Waals surface area (Å²) in [6.45, 7) is 5.06. The van der Waals surface area contributed by atoms with Crippen molar-refractivity contribution in [3.8, 4) is 11.4 Å². The first-order valence-electron chi connectivity index (χ1n) is 8.05. The van der Waals surface area contributed by atoms with E-state index in [-0.39, 0.29) is 5.91 Å². The summed E-state index contributed by atoms with van der Waals surface area (Å²) in [6, 6.07) is 8.49. The third kappa shape index (κ3) is 3.93. The number of amides is 1. The third-order valence-electron chi connectivity index (χ3n) is 4.24. The second-order valence-corrected chi connectivity index (χ2v) is 7.00. The van der Waals surface area contributed by atoms with Gasteiger partial charge in [-0.15, -0.1) is 5.10 Å². The standard InChI is InChI=1S/C17H22N4OS/c1-12-6-8-14(9-7-12)16-18-17(20-19-16)23-11-15(22)21-10-4-3-5-13(21)2/h6-9,13H,3-5,10-11H2,1-2H3,(H,18,19,20)/t13-/m0/s1. The lowest BCUT2D eigenvalue weighted by Crippen LogP contribution is -2.42. The predicted molar refractivity (Wildman–Crippen MR) is 92.3 cm³/mol. The van der Waals surface area contributed by atoms with Crippen molar-refractivity contribution in [2.45, 2.75) is 44.3 Å². The molecule has 0 saturated carbocycles. The van der Waals surface area contributed by atoms with E-state index in [0.717, 1.165) is 30.8 Å². The minimum Gasteiger partial charge on any atom is -0.339 e. The number of aromatic nitrogens is 3. The Labute approximate surface area is 140 Å². The molecule has 1 N–H and O–H groups in total. The number of H-pyrrole nitrogens is 1. The zero-order valence-electron chi connectivity index (χ0n) is 13.6. The Bertz CT molecular complexity index is 667. The number of piperidine rings is 1. The summed E-state index contributed by atoms with van der Waals surface area (Å²) >= 11 is 1.40. The van der Waals surface area contributed by atoms with Gasteiger partial charge in [0.1, 0.15) is 0 Å². The Balaban J connectivity index is 1.58. The number of carbonyl (C=O) groups is 1. The van der Waals surface area contributed by atoms with Gasteiger partial charge in [0.05, 0.1) is 5.75 Å². The number of thioether (sulfide) groups is 1. The first kappa shape index (κ1) is 16.1. The molecular weight excluding hydrogens is 308 g/mol. The molecule has 1 fully saturated rings. The summed E-state index contributed by atoms with van der Waals surface area (Å²) in [7, 11) is 0. The number of aryl methyl sites for hydroxylation is 1. The fourth-order valence-electron chi connectivity index (χ4n) is 2.83. The van der Waals surface area contributed by atoms with Crippen LogP contribution in [0, 0.1) is 6.92 Å². The largest absolute Gasteiger partial charge is 0.339 e. The van der Waals surface area contributed by atoms with E-state index >= 15 is 0 Å². The Hall–Kier alpha value is -1.82. The highest BCUT2D eigenvalue weighted by Gasteiger charge is 2.23. The molecule has 0 aliphatic carbocycles. The van der Waals surface area contributed by atoms with E-state index in [1.807, 2.05) is 29.2 Å². The summed E-state index contributed by atoms with van der Waals surface area (Å²) in [5.41, 5.74) is 2.22. The molecule has 2 aromatic rings. The van der Waals surface area contributed by atoms with Gasteiger partial charge in [-0.3, -0.25) is 9.89 Å². The van der Waals surface area contributed by atoms with E-state index in [2.05, 4.69) is 29.0 Å². The second-order valence-electron chi connectivity index (χ2n) is 6.05. The highest BCUT2D eigenvalue weighted by Crippen LogP contribution is 2.22. The molecule has 1 aliphatic rings. The minimum absolute atomic E-state index is 0.184. The van der Waals surface area contributed by atoms with Gasteiger partial charge in [0, 0.05) is 18.2 Å². The molecule has 0 spiro atoms. The highest BCUT2D eigenvalue weighted by molar-refractivity contribution is 7.99. The molecule has 0 unspecified atom stereocenters. The summed E-state index contributed by atoms with van der Waals surface area (Å²) in [6.07, 6.45) is 3.44. The van der Waals surface area contributed by atoms with Crippen LogP contribution in [0.15, 0.2) is 29.4 Å². The number of hydrogen-bond acceptors (Lipinski definition) is 4. The van der Waals surface area contributed by atoms with Gasteiger partial charge in [0.25, 0.3) is 0 Å². The lowest BCUT2D eigenvalue weighted by molar-refractivity contribution is -0.131. The summed E-state index contributed by atoms with van der Waals surface area (Å²) in [5.74, 6) is 1.32. The summed E-state index contributed by atoms with van der Waals surface area (Å²) in [4.78, 5) is 18.8. The second kappa shape index (κ2) is 7.17. The SMILES string of the molecule is Cc1ccc(-c2nc(SCC(=O)N3CCCC[C@@H]3C)n[nH]2)cc1. The molecular formula is C17H22N4OS. The molecule has 0 bridgehead atoms. The van der Waals surface area contributed by atoms with Crippen LogP contribution in [-0.2, 0) is 4.79 Å². The van der Waals surface area contributed by atoms with E-state index in [1.54, 1.807) is 0 Å². The highest BCUT2D eigenvalue weighted by atomic mass is 32.2. The molecule has 23 heavy (non-hydrogen) atoms. The van der Waals surface area contributed by atoms with E-state index < -0.39 is 0 Å². The van der Waals surface area contributed by atoms with Crippen molar-refractivity contribution >= 4 is 17.7 Å². The Morgan fingerprint density at radius 1 is 1.35 bits per heavy atom. The van der Waals surface area contributed by atoms with Crippen LogP contribution in [0.4, 0.5) is 0 Å². The molecule has 0 radical (unpaired) electrons. The Morgan fingerprint density at radius 3 is 2.87 bits per heavy atom. The van der Waals surface area contributed by atoms with Crippen LogP contribution in [0.5, 0.6) is 0 Å². The van der Waals surface area contributed by atoms with Crippen molar-refractivity contribution in [3.05, 3.63) is 29.8 Å². The Kier molecular flexibility index (Phi) is 5.00. The molecule has 1 amide bonds. The predicted octanol–water partition coefficient (Wildman–Crippen LogP) is 3.27. The van der Waals surface area contributed by atoms with Crippen molar-refractivity contribution in [1.82, 2.24) is 20.1 Å². The molecule has 1 atom stereocenters. The van der Waals surface area contributed by atoms with Crippen LogP contribution in [0.2, 0.25) is 0 Å². The quantitative estimate of drug-likeness (QED) is 0.874. The van der Waals surface area contributed by atoms with Gasteiger partial charge in [-0.2, -0.15) is 0 Å². The number of aromatic amines is 1. The monoisotopic (exact) mass is 330 g/mol. The fourth-order valence-corrected chi connectivity index (χ4v) is 3.51. The number of carbonyl (C=O) groups excluding carboxylic acids is 1. The van der Waals surface area contributed by atoms with Gasteiger partial charge in [-0.25, -0.2) is 4.98 Å². The first-order valence-corrected chi connectivity index (χ1v) is 9.04. The van der Waals surface area contributed by atoms with Gasteiger partial charge < -0.3 is 4.90 Å². The number of hydrogen-bond donors (Lipinski definition) is 1. The maximum atomic E-state index is 12.3. The van der Waals surface area contributed by atoms with Crippen molar-refractivity contribution in [3.63, 3.8) is 0 Å². The summed E-state index contributed by atoms with van der Waals surface area (Å²) in [5, 5.41) is 7.78. The number of likely N-dealkylation sites (tertiary alicyclic amines) is 1. The number of benzene rings is 1. The van der Waals surface area contributed by atoms with E-state index in [4.69, 9.17) is 0 Å². The molecule has 1 aliphatic heterocycles. The van der Waals surface area contributed by atoms with Crippen LogP contribution in [0.1, 0.15) is 31.7 Å². The average molecular weight is 330 g/mol. The zero-order valence-corrected chi connectivity index (χ0v) is 14.4. The van der Waals surface area contributed by atoms with Gasteiger partial charge in [0.15, 0.2) is 5.82 Å². The smallest absolute Gasteiger partial charge is 0.233 e.